The number of pyridine rings is 1. The first-order chi connectivity index (χ1) is 13.6. The molecule has 0 spiro atoms. The number of aromatic nitrogens is 3. The predicted octanol–water partition coefficient (Wildman–Crippen LogP) is 2.74. The van der Waals surface area contributed by atoms with Gasteiger partial charge in [-0.3, -0.25) is 9.78 Å². The molecule has 1 saturated heterocycles. The Balaban J connectivity index is 1.42. The summed E-state index contributed by atoms with van der Waals surface area (Å²) in [5.41, 5.74) is 1.64. The fourth-order valence-corrected chi connectivity index (χ4v) is 3.35. The average molecular weight is 404 g/mol. The van der Waals surface area contributed by atoms with E-state index in [1.807, 2.05) is 0 Å². The van der Waals surface area contributed by atoms with Gasteiger partial charge in [-0.15, -0.1) is 0 Å². The third-order valence-corrected chi connectivity index (χ3v) is 5.07. The van der Waals surface area contributed by atoms with Gasteiger partial charge in [0.05, 0.1) is 30.1 Å². The Morgan fingerprint density at radius 3 is 3.11 bits per heavy atom. The summed E-state index contributed by atoms with van der Waals surface area (Å²) in [4.78, 5) is 16.7. The van der Waals surface area contributed by atoms with Gasteiger partial charge in [0.15, 0.2) is 0 Å². The quantitative estimate of drug-likeness (QED) is 0.674. The molecule has 146 valence electrons. The minimum atomic E-state index is -0.431. The third-order valence-electron chi connectivity index (χ3n) is 4.30. The van der Waals surface area contributed by atoms with Crippen molar-refractivity contribution in [2.45, 2.75) is 26.0 Å². The number of amides is 1. The van der Waals surface area contributed by atoms with Crippen LogP contribution in [0.2, 0.25) is 0 Å². The average Bonchev–Trinajstić information content (AvgIpc) is 3.42. The van der Waals surface area contributed by atoms with Crippen LogP contribution in [0, 0.1) is 12.7 Å². The molecule has 0 aromatic carbocycles. The Kier molecular flexibility index (Phi) is 5.31. The smallest absolute Gasteiger partial charge is 0.263 e. The van der Waals surface area contributed by atoms with Crippen LogP contribution in [-0.4, -0.2) is 39.7 Å². The molecule has 1 amide bonds. The van der Waals surface area contributed by atoms with Gasteiger partial charge >= 0.3 is 0 Å². The molecule has 1 aliphatic rings. The van der Waals surface area contributed by atoms with Crippen molar-refractivity contribution >= 4 is 17.4 Å². The van der Waals surface area contributed by atoms with E-state index in [-0.39, 0.29) is 18.6 Å². The Hall–Kier alpha value is -2.85. The van der Waals surface area contributed by atoms with Gasteiger partial charge in [-0.25, -0.2) is 4.39 Å². The molecule has 8 nitrogen and oxygen atoms in total. The normalized spacial score (nSPS) is 16.3. The number of hydrogen-bond acceptors (Lipinski definition) is 8. The molecule has 0 bridgehead atoms. The molecule has 3 aromatic heterocycles. The number of ether oxygens (including phenoxy) is 2. The highest BCUT2D eigenvalue weighted by Gasteiger charge is 2.21. The van der Waals surface area contributed by atoms with Crippen molar-refractivity contribution in [1.82, 2.24) is 19.8 Å². The fourth-order valence-electron chi connectivity index (χ4n) is 2.76. The van der Waals surface area contributed by atoms with Crippen molar-refractivity contribution in [2.24, 2.45) is 0 Å². The highest BCUT2D eigenvalue weighted by molar-refractivity contribution is 7.08. The van der Waals surface area contributed by atoms with Crippen LogP contribution in [0.4, 0.5) is 4.39 Å². The Morgan fingerprint density at radius 1 is 1.46 bits per heavy atom. The molecule has 1 N–H and O–H groups in total. The molecule has 1 fully saturated rings. The molecule has 4 rings (SSSR count). The van der Waals surface area contributed by atoms with E-state index in [0.717, 1.165) is 24.2 Å². The molecule has 0 radical (unpaired) electrons. The number of carbonyl (C=O) groups excluding carboxylic acids is 1. The van der Waals surface area contributed by atoms with Crippen molar-refractivity contribution in [3.63, 3.8) is 0 Å². The molecule has 4 heterocycles. The molecule has 1 unspecified atom stereocenters. The number of aryl methyl sites for hydroxylation is 1. The maximum atomic E-state index is 13.1. The molecule has 1 aliphatic heterocycles. The van der Waals surface area contributed by atoms with E-state index < -0.39 is 5.82 Å². The molecular formula is C18H17FN4O4S. The van der Waals surface area contributed by atoms with Gasteiger partial charge in [-0.1, -0.05) is 5.16 Å². The minimum Gasteiger partial charge on any atom is -0.472 e. The first-order valence-corrected chi connectivity index (χ1v) is 9.42. The number of hydrogen-bond donors (Lipinski definition) is 1. The SMILES string of the molecule is Cc1onc(-c2ccc(F)cn2)c1COc1cc(C(=O)NC2CCOC2)sn1. The van der Waals surface area contributed by atoms with Crippen molar-refractivity contribution in [3.05, 3.63) is 46.4 Å². The second kappa shape index (κ2) is 8.03. The Labute approximate surface area is 163 Å². The second-order valence-electron chi connectivity index (χ2n) is 6.28. The van der Waals surface area contributed by atoms with Crippen molar-refractivity contribution in [1.29, 1.82) is 0 Å². The zero-order valence-electron chi connectivity index (χ0n) is 15.0. The number of nitrogens with one attached hydrogen (secondary N) is 1. The van der Waals surface area contributed by atoms with Crippen LogP contribution in [0.25, 0.3) is 11.4 Å². The largest absolute Gasteiger partial charge is 0.472 e. The fraction of sp³-hybridized carbons (Fsp3) is 0.333. The molecule has 10 heteroatoms. The van der Waals surface area contributed by atoms with Crippen LogP contribution in [0.1, 0.15) is 27.4 Å². The standard InChI is InChI=1S/C18H17FN4O4S/c1-10-13(17(22-27-10)14-3-2-11(19)7-20-14)9-26-16-6-15(28-23-16)18(24)21-12-4-5-25-8-12/h2-3,6-7,12H,4-5,8-9H2,1H3,(H,21,24). The van der Waals surface area contributed by atoms with Crippen LogP contribution in [0.15, 0.2) is 28.9 Å². The summed E-state index contributed by atoms with van der Waals surface area (Å²) in [5, 5.41) is 6.89. The van der Waals surface area contributed by atoms with E-state index in [1.54, 1.807) is 13.0 Å². The lowest BCUT2D eigenvalue weighted by atomic mass is 10.1. The summed E-state index contributed by atoms with van der Waals surface area (Å²) in [6.45, 7) is 3.07. The molecule has 3 aromatic rings. The summed E-state index contributed by atoms with van der Waals surface area (Å²) >= 11 is 1.06. The van der Waals surface area contributed by atoms with Crippen LogP contribution in [0.5, 0.6) is 5.88 Å². The molecule has 1 atom stereocenters. The van der Waals surface area contributed by atoms with Gasteiger partial charge in [-0.2, -0.15) is 4.37 Å². The van der Waals surface area contributed by atoms with Crippen molar-refractivity contribution in [2.75, 3.05) is 13.2 Å². The summed E-state index contributed by atoms with van der Waals surface area (Å²) in [5.74, 6) is 0.270. The second-order valence-corrected chi connectivity index (χ2v) is 7.08. The van der Waals surface area contributed by atoms with E-state index in [2.05, 4.69) is 19.8 Å². The van der Waals surface area contributed by atoms with E-state index >= 15 is 0 Å². The number of halogens is 1. The third kappa shape index (κ3) is 4.02. The molecule has 28 heavy (non-hydrogen) atoms. The summed E-state index contributed by atoms with van der Waals surface area (Å²) in [7, 11) is 0. The van der Waals surface area contributed by atoms with Crippen molar-refractivity contribution in [3.8, 4) is 17.3 Å². The Morgan fingerprint density at radius 2 is 2.36 bits per heavy atom. The lowest BCUT2D eigenvalue weighted by Crippen LogP contribution is -2.34. The number of carbonyl (C=O) groups is 1. The Bertz CT molecular complexity index is 966. The minimum absolute atomic E-state index is 0.0318. The topological polar surface area (TPSA) is 99.4 Å². The number of rotatable bonds is 6. The zero-order chi connectivity index (χ0) is 19.5. The molecule has 0 saturated carbocycles. The lowest BCUT2D eigenvalue weighted by Gasteiger charge is -2.08. The monoisotopic (exact) mass is 404 g/mol. The highest BCUT2D eigenvalue weighted by atomic mass is 32.1. The molecule has 0 aliphatic carbocycles. The van der Waals surface area contributed by atoms with Crippen LogP contribution >= 0.6 is 11.5 Å². The van der Waals surface area contributed by atoms with Gasteiger partial charge in [0, 0.05) is 12.7 Å². The van der Waals surface area contributed by atoms with Gasteiger partial charge in [-0.05, 0) is 37.0 Å². The first kappa shape index (κ1) is 18.5. The summed E-state index contributed by atoms with van der Waals surface area (Å²) < 4.78 is 33.5. The number of nitrogens with zero attached hydrogens (tertiary/aromatic N) is 3. The predicted molar refractivity (Wildman–Crippen MR) is 97.6 cm³/mol. The highest BCUT2D eigenvalue weighted by Crippen LogP contribution is 2.26. The lowest BCUT2D eigenvalue weighted by molar-refractivity contribution is 0.0933. The summed E-state index contributed by atoms with van der Waals surface area (Å²) in [6, 6.07) is 4.45. The van der Waals surface area contributed by atoms with E-state index in [1.165, 1.54) is 12.1 Å². The van der Waals surface area contributed by atoms with E-state index in [9.17, 15) is 9.18 Å². The maximum Gasteiger partial charge on any atom is 0.263 e. The van der Waals surface area contributed by atoms with E-state index in [0.29, 0.717) is 46.7 Å². The molecular weight excluding hydrogens is 387 g/mol. The first-order valence-electron chi connectivity index (χ1n) is 8.65. The van der Waals surface area contributed by atoms with Gasteiger partial charge in [0.1, 0.15) is 28.8 Å². The van der Waals surface area contributed by atoms with Crippen molar-refractivity contribution < 1.29 is 23.2 Å². The van der Waals surface area contributed by atoms with Crippen LogP contribution in [0.3, 0.4) is 0 Å². The van der Waals surface area contributed by atoms with Gasteiger partial charge in [0.25, 0.3) is 5.91 Å². The van der Waals surface area contributed by atoms with Crippen LogP contribution < -0.4 is 10.1 Å². The summed E-state index contributed by atoms with van der Waals surface area (Å²) in [6.07, 6.45) is 1.92. The maximum absolute atomic E-state index is 13.1. The zero-order valence-corrected chi connectivity index (χ0v) is 15.8. The van der Waals surface area contributed by atoms with Gasteiger partial charge < -0.3 is 19.3 Å². The van der Waals surface area contributed by atoms with E-state index in [4.69, 9.17) is 14.0 Å². The van der Waals surface area contributed by atoms with Gasteiger partial charge in [0.2, 0.25) is 5.88 Å². The van der Waals surface area contributed by atoms with Crippen LogP contribution in [-0.2, 0) is 11.3 Å².